The Kier molecular flexibility index (Phi) is 29.8. The molecule has 322 valence electrons. The van der Waals surface area contributed by atoms with Gasteiger partial charge in [-0.3, -0.25) is 13.8 Å². The third-order valence-electron chi connectivity index (χ3n) is 10.8. The molecule has 1 saturated carbocycles. The van der Waals surface area contributed by atoms with Crippen LogP contribution in [0.3, 0.4) is 0 Å². The van der Waals surface area contributed by atoms with Gasteiger partial charge < -0.3 is 46.0 Å². The van der Waals surface area contributed by atoms with E-state index in [4.69, 9.17) is 9.05 Å². The first-order valence-corrected chi connectivity index (χ1v) is 23.1. The fourth-order valence-electron chi connectivity index (χ4n) is 7.12. The molecule has 0 heterocycles. The summed E-state index contributed by atoms with van der Waals surface area (Å²) in [4.78, 5) is 23.3. The zero-order valence-corrected chi connectivity index (χ0v) is 34.5. The van der Waals surface area contributed by atoms with Crippen LogP contribution >= 0.6 is 7.82 Å². The summed E-state index contributed by atoms with van der Waals surface area (Å²) in [5.41, 5.74) is 0. The largest absolute Gasteiger partial charge is 0.472 e. The molecule has 1 fully saturated rings. The molecule has 1 aliphatic carbocycles. The standard InChI is InChI=1S/C40H80NO12P/c1-3-5-7-9-11-13-15-17-19-21-23-25-27-29-33(43)41-31(30-52-54(50,51)53-40-38(48)36(46)35(45)37(47)39(40)49)34(44)32(42)28-26-24-22-20-18-16-14-12-10-8-6-4-2/h31-32,34-40,42,44-49H,3-30H2,1-2H3,(H,41,43)(H,50,51). The Morgan fingerprint density at radius 2 is 0.926 bits per heavy atom. The number of aliphatic hydroxyl groups is 7. The van der Waals surface area contributed by atoms with Gasteiger partial charge in [0.15, 0.2) is 0 Å². The van der Waals surface area contributed by atoms with Gasteiger partial charge in [0.25, 0.3) is 0 Å². The molecule has 1 aliphatic rings. The van der Waals surface area contributed by atoms with Crippen LogP contribution in [-0.2, 0) is 18.4 Å². The smallest absolute Gasteiger partial charge is 0.390 e. The lowest BCUT2D eigenvalue weighted by atomic mass is 9.85. The van der Waals surface area contributed by atoms with Crippen LogP contribution in [0.1, 0.15) is 187 Å². The van der Waals surface area contributed by atoms with E-state index >= 15 is 0 Å². The average Bonchev–Trinajstić information content (AvgIpc) is 3.15. The molecule has 1 amide bonds. The summed E-state index contributed by atoms with van der Waals surface area (Å²) in [6.07, 6.45) is 14.3. The Labute approximate surface area is 326 Å². The summed E-state index contributed by atoms with van der Waals surface area (Å²) in [5, 5.41) is 74.7. The van der Waals surface area contributed by atoms with Gasteiger partial charge in [-0.05, 0) is 12.8 Å². The van der Waals surface area contributed by atoms with Gasteiger partial charge in [0.2, 0.25) is 5.91 Å². The Hall–Kier alpha value is -0.700. The van der Waals surface area contributed by atoms with Gasteiger partial charge in [0.1, 0.15) is 42.7 Å². The third kappa shape index (κ3) is 22.9. The Morgan fingerprint density at radius 1 is 0.574 bits per heavy atom. The summed E-state index contributed by atoms with van der Waals surface area (Å²) in [5.74, 6) is -0.421. The van der Waals surface area contributed by atoms with Gasteiger partial charge in [-0.1, -0.05) is 168 Å². The Bertz CT molecular complexity index is 948. The van der Waals surface area contributed by atoms with E-state index in [1.807, 2.05) is 0 Å². The molecule has 8 atom stereocenters. The van der Waals surface area contributed by atoms with Gasteiger partial charge in [-0.2, -0.15) is 0 Å². The number of phosphoric acid groups is 1. The second-order valence-electron chi connectivity index (χ2n) is 15.7. The first-order valence-electron chi connectivity index (χ1n) is 21.6. The van der Waals surface area contributed by atoms with Crippen molar-refractivity contribution in [3.63, 3.8) is 0 Å². The highest BCUT2D eigenvalue weighted by Gasteiger charge is 2.51. The van der Waals surface area contributed by atoms with Crippen LogP contribution in [-0.4, -0.2) is 108 Å². The second kappa shape index (κ2) is 31.3. The molecular weight excluding hydrogens is 717 g/mol. The minimum absolute atomic E-state index is 0.154. The van der Waals surface area contributed by atoms with E-state index in [0.717, 1.165) is 38.5 Å². The van der Waals surface area contributed by atoms with Crippen LogP contribution in [0.4, 0.5) is 0 Å². The molecule has 8 unspecified atom stereocenters. The normalized spacial score (nSPS) is 24.6. The number of phosphoric ester groups is 1. The van der Waals surface area contributed by atoms with Crippen molar-refractivity contribution >= 4 is 13.7 Å². The van der Waals surface area contributed by atoms with Gasteiger partial charge in [-0.15, -0.1) is 0 Å². The van der Waals surface area contributed by atoms with Crippen molar-refractivity contribution in [3.8, 4) is 0 Å². The molecule has 54 heavy (non-hydrogen) atoms. The molecule has 0 aromatic heterocycles. The first-order chi connectivity index (χ1) is 25.9. The van der Waals surface area contributed by atoms with Crippen molar-refractivity contribution in [1.82, 2.24) is 5.32 Å². The molecule has 0 aromatic rings. The summed E-state index contributed by atoms with van der Waals surface area (Å²) in [7, 11) is -5.14. The van der Waals surface area contributed by atoms with Crippen molar-refractivity contribution in [1.29, 1.82) is 0 Å². The van der Waals surface area contributed by atoms with E-state index in [9.17, 15) is 50.0 Å². The number of aliphatic hydroxyl groups excluding tert-OH is 7. The molecule has 0 saturated heterocycles. The lowest BCUT2D eigenvalue weighted by Gasteiger charge is -2.41. The van der Waals surface area contributed by atoms with Crippen molar-refractivity contribution in [2.75, 3.05) is 6.61 Å². The quantitative estimate of drug-likeness (QED) is 0.0263. The average molecular weight is 798 g/mol. The Morgan fingerprint density at radius 3 is 1.33 bits per heavy atom. The van der Waals surface area contributed by atoms with E-state index in [2.05, 4.69) is 19.2 Å². The van der Waals surface area contributed by atoms with Crippen LogP contribution in [0.15, 0.2) is 0 Å². The number of carbonyl (C=O) groups excluding carboxylic acids is 1. The summed E-state index contributed by atoms with van der Waals surface area (Å²) < 4.78 is 22.8. The maximum absolute atomic E-state index is 12.9. The predicted octanol–water partition coefficient (Wildman–Crippen LogP) is 6.09. The molecule has 9 N–H and O–H groups in total. The van der Waals surface area contributed by atoms with E-state index in [1.165, 1.54) is 109 Å². The minimum Gasteiger partial charge on any atom is -0.390 e. The zero-order valence-electron chi connectivity index (χ0n) is 33.7. The molecule has 14 heteroatoms. The van der Waals surface area contributed by atoms with Crippen molar-refractivity contribution in [2.24, 2.45) is 0 Å². The topological polar surface area (TPSA) is 226 Å². The maximum Gasteiger partial charge on any atom is 0.472 e. The fraction of sp³-hybridized carbons (Fsp3) is 0.975. The number of amides is 1. The van der Waals surface area contributed by atoms with Gasteiger partial charge >= 0.3 is 7.82 Å². The molecule has 0 aliphatic heterocycles. The van der Waals surface area contributed by atoms with Crippen LogP contribution in [0.25, 0.3) is 0 Å². The van der Waals surface area contributed by atoms with E-state index in [0.29, 0.717) is 12.8 Å². The number of hydrogen-bond acceptors (Lipinski definition) is 11. The maximum atomic E-state index is 12.9. The molecule has 0 spiro atoms. The van der Waals surface area contributed by atoms with E-state index in [1.54, 1.807) is 0 Å². The van der Waals surface area contributed by atoms with Crippen molar-refractivity contribution in [3.05, 3.63) is 0 Å². The van der Waals surface area contributed by atoms with Crippen LogP contribution in [0, 0.1) is 0 Å². The van der Waals surface area contributed by atoms with Gasteiger partial charge in [0, 0.05) is 6.42 Å². The lowest BCUT2D eigenvalue weighted by Crippen LogP contribution is -2.64. The van der Waals surface area contributed by atoms with Gasteiger partial charge in [0.05, 0.1) is 18.8 Å². The fourth-order valence-corrected chi connectivity index (χ4v) is 8.09. The summed E-state index contributed by atoms with van der Waals surface area (Å²) in [6.45, 7) is 3.68. The van der Waals surface area contributed by atoms with E-state index in [-0.39, 0.29) is 12.8 Å². The predicted molar refractivity (Wildman–Crippen MR) is 211 cm³/mol. The number of carbonyl (C=O) groups is 1. The van der Waals surface area contributed by atoms with Gasteiger partial charge in [-0.25, -0.2) is 4.57 Å². The summed E-state index contributed by atoms with van der Waals surface area (Å²) >= 11 is 0. The number of hydrogen-bond donors (Lipinski definition) is 9. The minimum atomic E-state index is -5.14. The van der Waals surface area contributed by atoms with Crippen LogP contribution in [0.5, 0.6) is 0 Å². The van der Waals surface area contributed by atoms with Crippen LogP contribution < -0.4 is 5.32 Å². The van der Waals surface area contributed by atoms with Crippen molar-refractivity contribution in [2.45, 2.75) is 242 Å². The molecule has 0 aromatic carbocycles. The SMILES string of the molecule is CCCCCCCCCCCCCCCC(=O)NC(COP(=O)(O)OC1C(O)C(O)C(O)C(O)C1O)C(O)C(O)CCCCCCCCCCCCCC. The van der Waals surface area contributed by atoms with Crippen LogP contribution in [0.2, 0.25) is 0 Å². The second-order valence-corrected chi connectivity index (χ2v) is 17.1. The number of rotatable bonds is 35. The number of unbranched alkanes of at least 4 members (excludes halogenated alkanes) is 23. The summed E-state index contributed by atoms with van der Waals surface area (Å²) in [6, 6.07) is -1.30. The molecule has 0 radical (unpaired) electrons. The highest BCUT2D eigenvalue weighted by Crippen LogP contribution is 2.47. The number of nitrogens with one attached hydrogen (secondary N) is 1. The third-order valence-corrected chi connectivity index (χ3v) is 11.7. The molecule has 0 bridgehead atoms. The highest BCUT2D eigenvalue weighted by molar-refractivity contribution is 7.47. The lowest BCUT2D eigenvalue weighted by molar-refractivity contribution is -0.220. The molecule has 1 rings (SSSR count). The molecular formula is C40H80NO12P. The Balaban J connectivity index is 2.59. The monoisotopic (exact) mass is 798 g/mol. The first kappa shape index (κ1) is 51.3. The van der Waals surface area contributed by atoms with Crippen molar-refractivity contribution < 1.29 is 59.0 Å². The van der Waals surface area contributed by atoms with E-state index < -0.39 is 75.2 Å². The molecule has 13 nitrogen and oxygen atoms in total. The zero-order chi connectivity index (χ0) is 40.2. The highest BCUT2D eigenvalue weighted by atomic mass is 31.2.